The second-order valence-corrected chi connectivity index (χ2v) is 7.51. The highest BCUT2D eigenvalue weighted by Gasteiger charge is 2.47. The average Bonchev–Trinajstić information content (AvgIpc) is 2.60. The van der Waals surface area contributed by atoms with Crippen LogP contribution in [0.4, 0.5) is 24.7 Å². The van der Waals surface area contributed by atoms with Crippen molar-refractivity contribution in [1.29, 1.82) is 0 Å². The van der Waals surface area contributed by atoms with Crippen LogP contribution >= 0.6 is 0 Å². The lowest BCUT2D eigenvalue weighted by Gasteiger charge is -2.43. The second kappa shape index (κ2) is 7.78. The van der Waals surface area contributed by atoms with Gasteiger partial charge in [0.2, 0.25) is 0 Å². The van der Waals surface area contributed by atoms with Gasteiger partial charge in [0.05, 0.1) is 13.2 Å². The summed E-state index contributed by atoms with van der Waals surface area (Å²) < 4.78 is 68.9. The monoisotopic (exact) mass is 409 g/mol. The number of piperazine rings is 1. The first-order valence-electron chi connectivity index (χ1n) is 8.43. The normalized spacial score (nSPS) is 26.3. The summed E-state index contributed by atoms with van der Waals surface area (Å²) in [4.78, 5) is 17.5. The predicted molar refractivity (Wildman–Crippen MR) is 92.4 cm³/mol. The standard InChI is InChI=1S/C15H21F3N4O4S/c1-10-9-26-5-4-21(10)11-6-13(19-14(23)7-11)22-3-2-20(27(24)25)8-12(22)15(16,17)18/h6-7,10,12H,2-5,8-9H2,1H3,(H,19,23)(H,24,25)/p-1/t10-,12?/m1/s1. The highest BCUT2D eigenvalue weighted by Crippen LogP contribution is 2.32. The average molecular weight is 409 g/mol. The van der Waals surface area contributed by atoms with Crippen molar-refractivity contribution >= 4 is 22.8 Å². The molecule has 2 unspecified atom stereocenters. The number of aromatic nitrogens is 1. The number of alkyl halides is 3. The summed E-state index contributed by atoms with van der Waals surface area (Å²) in [6.45, 7) is 2.35. The molecule has 0 aromatic carbocycles. The summed E-state index contributed by atoms with van der Waals surface area (Å²) >= 11 is -2.73. The molecule has 2 aliphatic heterocycles. The topological polar surface area (TPSA) is 91.9 Å². The fourth-order valence-electron chi connectivity index (χ4n) is 3.41. The lowest BCUT2D eigenvalue weighted by atomic mass is 10.1. The Morgan fingerprint density at radius 1 is 1.26 bits per heavy atom. The van der Waals surface area contributed by atoms with Gasteiger partial charge in [-0.25, -0.2) is 4.31 Å². The van der Waals surface area contributed by atoms with Gasteiger partial charge < -0.3 is 24.1 Å². The van der Waals surface area contributed by atoms with E-state index in [1.165, 1.54) is 12.1 Å². The van der Waals surface area contributed by atoms with Crippen LogP contribution in [0.25, 0.3) is 0 Å². The number of halogens is 3. The third-order valence-corrected chi connectivity index (χ3v) is 5.51. The third-order valence-electron chi connectivity index (χ3n) is 4.76. The number of nitrogens with zero attached hydrogens (tertiary/aromatic N) is 3. The summed E-state index contributed by atoms with van der Waals surface area (Å²) in [7, 11) is 0. The van der Waals surface area contributed by atoms with Crippen LogP contribution in [0.2, 0.25) is 0 Å². The van der Waals surface area contributed by atoms with Crippen molar-refractivity contribution in [2.24, 2.45) is 0 Å². The number of rotatable bonds is 3. The molecule has 152 valence electrons. The summed E-state index contributed by atoms with van der Waals surface area (Å²) in [6, 6.07) is 0.784. The fraction of sp³-hybridized carbons (Fsp3) is 0.667. The van der Waals surface area contributed by atoms with Gasteiger partial charge >= 0.3 is 6.18 Å². The van der Waals surface area contributed by atoms with Crippen LogP contribution in [0.5, 0.6) is 0 Å². The van der Waals surface area contributed by atoms with E-state index >= 15 is 0 Å². The Morgan fingerprint density at radius 2 is 2.00 bits per heavy atom. The van der Waals surface area contributed by atoms with Crippen LogP contribution in [0.3, 0.4) is 0 Å². The molecule has 2 fully saturated rings. The minimum Gasteiger partial charge on any atom is -0.760 e. The maximum Gasteiger partial charge on any atom is 0.410 e. The lowest BCUT2D eigenvalue weighted by molar-refractivity contribution is -0.153. The SMILES string of the molecule is C[C@@H]1COCCN1c1cc(N2CCN(S(=O)[O-])CC2C(F)(F)F)[nH]c(=O)c1. The zero-order valence-electron chi connectivity index (χ0n) is 14.6. The molecule has 0 spiro atoms. The quantitative estimate of drug-likeness (QED) is 0.729. The number of hydrogen-bond donors (Lipinski definition) is 1. The highest BCUT2D eigenvalue weighted by molar-refractivity contribution is 7.76. The Bertz CT molecular complexity index is 759. The van der Waals surface area contributed by atoms with Crippen molar-refractivity contribution < 1.29 is 26.7 Å². The number of anilines is 2. The predicted octanol–water partition coefficient (Wildman–Crippen LogP) is 0.447. The van der Waals surface area contributed by atoms with Gasteiger partial charge in [0.25, 0.3) is 5.56 Å². The number of hydrogen-bond acceptors (Lipinski definition) is 6. The van der Waals surface area contributed by atoms with Crippen molar-refractivity contribution in [3.8, 4) is 0 Å². The molecule has 0 bridgehead atoms. The van der Waals surface area contributed by atoms with Crippen LogP contribution in [0.15, 0.2) is 16.9 Å². The molecule has 0 aliphatic carbocycles. The molecular formula is C15H20F3N4O4S-. The number of ether oxygens (including phenoxy) is 1. The van der Waals surface area contributed by atoms with Gasteiger partial charge in [0.15, 0.2) is 0 Å². The van der Waals surface area contributed by atoms with E-state index in [-0.39, 0.29) is 24.9 Å². The Morgan fingerprint density at radius 3 is 2.63 bits per heavy atom. The third kappa shape index (κ3) is 4.45. The van der Waals surface area contributed by atoms with E-state index in [9.17, 15) is 26.7 Å². The summed E-state index contributed by atoms with van der Waals surface area (Å²) in [5.74, 6) is 0.0230. The number of aromatic amines is 1. The maximum absolute atomic E-state index is 13.5. The first-order valence-corrected chi connectivity index (χ1v) is 9.46. The molecule has 1 aromatic heterocycles. The van der Waals surface area contributed by atoms with E-state index in [2.05, 4.69) is 4.98 Å². The fourth-order valence-corrected chi connectivity index (χ4v) is 3.90. The number of nitrogens with one attached hydrogen (secondary N) is 1. The molecule has 0 saturated carbocycles. The van der Waals surface area contributed by atoms with Crippen molar-refractivity contribution in [1.82, 2.24) is 9.29 Å². The first-order chi connectivity index (χ1) is 12.7. The molecular weight excluding hydrogens is 389 g/mol. The molecule has 3 heterocycles. The molecule has 0 radical (unpaired) electrons. The molecule has 2 saturated heterocycles. The zero-order chi connectivity index (χ0) is 19.8. The van der Waals surface area contributed by atoms with Crippen molar-refractivity contribution in [3.63, 3.8) is 0 Å². The maximum atomic E-state index is 13.5. The van der Waals surface area contributed by atoms with Crippen molar-refractivity contribution in [3.05, 3.63) is 22.5 Å². The molecule has 8 nitrogen and oxygen atoms in total. The van der Waals surface area contributed by atoms with Crippen LogP contribution < -0.4 is 15.4 Å². The largest absolute Gasteiger partial charge is 0.760 e. The van der Waals surface area contributed by atoms with Gasteiger partial charge in [-0.05, 0) is 6.92 Å². The van der Waals surface area contributed by atoms with Gasteiger partial charge in [-0.2, -0.15) is 13.2 Å². The first kappa shape index (κ1) is 20.1. The van der Waals surface area contributed by atoms with E-state index in [4.69, 9.17) is 4.74 Å². The molecule has 0 amide bonds. The number of pyridine rings is 1. The van der Waals surface area contributed by atoms with Crippen molar-refractivity contribution in [2.75, 3.05) is 49.2 Å². The van der Waals surface area contributed by atoms with E-state index in [1.54, 1.807) is 0 Å². The summed E-state index contributed by atoms with van der Waals surface area (Å²) in [5.41, 5.74) is -0.00254. The minimum atomic E-state index is -4.66. The molecule has 1 aromatic rings. The summed E-state index contributed by atoms with van der Waals surface area (Å²) in [6.07, 6.45) is -4.66. The van der Waals surface area contributed by atoms with E-state index in [0.29, 0.717) is 25.4 Å². The highest BCUT2D eigenvalue weighted by atomic mass is 32.2. The van der Waals surface area contributed by atoms with Gasteiger partial charge in [-0.15, -0.1) is 0 Å². The van der Waals surface area contributed by atoms with Gasteiger partial charge in [-0.3, -0.25) is 9.00 Å². The number of morpholine rings is 1. The molecule has 3 atom stereocenters. The lowest BCUT2D eigenvalue weighted by Crippen LogP contribution is -2.59. The van der Waals surface area contributed by atoms with Gasteiger partial charge in [0.1, 0.15) is 11.9 Å². The van der Waals surface area contributed by atoms with Crippen molar-refractivity contribution in [2.45, 2.75) is 25.2 Å². The minimum absolute atomic E-state index is 0.0217. The molecule has 3 rings (SSSR count). The Labute approximate surface area is 156 Å². The molecule has 1 N–H and O–H groups in total. The van der Waals surface area contributed by atoms with E-state index in [1.807, 2.05) is 11.8 Å². The van der Waals surface area contributed by atoms with Crippen LogP contribution in [0.1, 0.15) is 6.92 Å². The second-order valence-electron chi connectivity index (χ2n) is 6.56. The Kier molecular flexibility index (Phi) is 5.79. The molecule has 27 heavy (non-hydrogen) atoms. The Hall–Kier alpha value is -1.63. The van der Waals surface area contributed by atoms with Crippen LogP contribution in [0, 0.1) is 0 Å². The van der Waals surface area contributed by atoms with Gasteiger partial charge in [-0.1, -0.05) is 0 Å². The zero-order valence-corrected chi connectivity index (χ0v) is 15.4. The smallest absolute Gasteiger partial charge is 0.410 e. The van der Waals surface area contributed by atoms with E-state index < -0.39 is 35.6 Å². The van der Waals surface area contributed by atoms with Crippen LogP contribution in [-0.2, 0) is 16.0 Å². The number of H-pyrrole nitrogens is 1. The molecule has 12 heteroatoms. The molecule has 2 aliphatic rings. The van der Waals surface area contributed by atoms with Gasteiger partial charge in [0, 0.05) is 61.3 Å². The van der Waals surface area contributed by atoms with E-state index in [0.717, 1.165) is 9.21 Å². The summed E-state index contributed by atoms with van der Waals surface area (Å²) in [5, 5.41) is 0. The van der Waals surface area contributed by atoms with Crippen LogP contribution in [-0.4, -0.2) is 75.7 Å². The Balaban J connectivity index is 1.94.